The average Bonchev–Trinajstić information content (AvgIpc) is 3.05. The number of hydrogen-bond acceptors (Lipinski definition) is 0. The first kappa shape index (κ1) is 25.3. The van der Waals surface area contributed by atoms with Crippen molar-refractivity contribution in [2.24, 2.45) is 0 Å². The summed E-state index contributed by atoms with van der Waals surface area (Å²) in [5, 5.41) is 20.7. The van der Waals surface area contributed by atoms with Gasteiger partial charge in [-0.25, -0.2) is 0 Å². The van der Waals surface area contributed by atoms with Crippen LogP contribution in [0.3, 0.4) is 0 Å². The molecule has 0 aliphatic heterocycles. The molecular weight excluding hydrogens is 528 g/mol. The zero-order valence-corrected chi connectivity index (χ0v) is 25.5. The largest absolute Gasteiger partial charge is 0.0616 e. The maximum absolute atomic E-state index is 2.45. The van der Waals surface area contributed by atoms with Gasteiger partial charge in [0.25, 0.3) is 0 Å². The molecule has 0 heteroatoms. The second-order valence-corrected chi connectivity index (χ2v) is 12.7. The summed E-state index contributed by atoms with van der Waals surface area (Å²) in [6.07, 6.45) is 0. The van der Waals surface area contributed by atoms with Gasteiger partial charge in [0.05, 0.1) is 0 Å². The van der Waals surface area contributed by atoms with Crippen LogP contribution in [0.25, 0.3) is 86.2 Å². The van der Waals surface area contributed by atoms with E-state index in [4.69, 9.17) is 0 Å². The zero-order chi connectivity index (χ0) is 29.7. The third kappa shape index (κ3) is 3.46. The molecule has 0 amide bonds. The molecule has 0 N–H and O–H groups in total. The predicted molar refractivity (Wildman–Crippen MR) is 194 cm³/mol. The minimum Gasteiger partial charge on any atom is -0.0616 e. The normalized spacial score (nSPS) is 12.1. The Morgan fingerprint density at radius 3 is 1.00 bits per heavy atom. The van der Waals surface area contributed by atoms with E-state index in [9.17, 15) is 0 Å². The van der Waals surface area contributed by atoms with Gasteiger partial charge in [-0.3, -0.25) is 0 Å². The molecule has 0 aromatic heterocycles. The highest BCUT2D eigenvalue weighted by Crippen LogP contribution is 2.42. The first-order valence-electron chi connectivity index (χ1n) is 15.6. The van der Waals surface area contributed by atoms with Crippen LogP contribution in [-0.2, 0) is 0 Å². The van der Waals surface area contributed by atoms with E-state index in [2.05, 4.69) is 149 Å². The molecule has 10 aromatic carbocycles. The fourth-order valence-corrected chi connectivity index (χ4v) is 7.87. The lowest BCUT2D eigenvalue weighted by Crippen LogP contribution is -1.90. The fourth-order valence-electron chi connectivity index (χ4n) is 7.87. The third-order valence-corrected chi connectivity index (χ3v) is 10.1. The third-order valence-electron chi connectivity index (χ3n) is 10.1. The Kier molecular flexibility index (Phi) is 5.26. The molecule has 0 aliphatic carbocycles. The van der Waals surface area contributed by atoms with E-state index in [1.54, 1.807) is 0 Å². The predicted octanol–water partition coefficient (Wildman–Crippen LogP) is 12.7. The van der Waals surface area contributed by atoms with Crippen LogP contribution < -0.4 is 0 Å². The van der Waals surface area contributed by atoms with Gasteiger partial charge >= 0.3 is 0 Å². The summed E-state index contributed by atoms with van der Waals surface area (Å²) in [5.74, 6) is 0. The Morgan fingerprint density at radius 1 is 0.273 bits per heavy atom. The van der Waals surface area contributed by atoms with Gasteiger partial charge in [0, 0.05) is 0 Å². The molecule has 0 radical (unpaired) electrons. The van der Waals surface area contributed by atoms with E-state index in [-0.39, 0.29) is 0 Å². The second kappa shape index (κ2) is 9.15. The van der Waals surface area contributed by atoms with Crippen LogP contribution in [-0.4, -0.2) is 0 Å². The molecule has 0 unspecified atom stereocenters. The molecule has 0 nitrogen and oxygen atoms in total. The van der Waals surface area contributed by atoms with Gasteiger partial charge in [0.15, 0.2) is 0 Å². The molecule has 0 saturated carbocycles. The molecule has 10 aromatic rings. The first-order chi connectivity index (χ1) is 21.5. The van der Waals surface area contributed by atoms with Gasteiger partial charge in [-0.1, -0.05) is 120 Å². The van der Waals surface area contributed by atoms with Crippen LogP contribution in [0, 0.1) is 27.7 Å². The summed E-state index contributed by atoms with van der Waals surface area (Å²) in [6, 6.07) is 46.4. The molecular formula is C44H32. The van der Waals surface area contributed by atoms with Crippen LogP contribution in [0.1, 0.15) is 22.3 Å². The highest BCUT2D eigenvalue weighted by Gasteiger charge is 2.15. The molecule has 0 heterocycles. The van der Waals surface area contributed by atoms with E-state index in [1.807, 2.05) is 0 Å². The van der Waals surface area contributed by atoms with Crippen molar-refractivity contribution in [3.05, 3.63) is 144 Å². The molecule has 208 valence electrons. The van der Waals surface area contributed by atoms with Crippen molar-refractivity contribution < 1.29 is 0 Å². The fraction of sp³-hybridized carbons (Fsp3) is 0.0909. The summed E-state index contributed by atoms with van der Waals surface area (Å²) in [6.45, 7) is 8.97. The average molecular weight is 561 g/mol. The van der Waals surface area contributed by atoms with Crippen LogP contribution in [0.4, 0.5) is 0 Å². The molecule has 0 fully saturated rings. The molecule has 0 atom stereocenters. The molecule has 44 heavy (non-hydrogen) atoms. The Bertz CT molecular complexity index is 2490. The summed E-state index contributed by atoms with van der Waals surface area (Å²) < 4.78 is 0. The topological polar surface area (TPSA) is 0 Å². The molecule has 0 saturated heterocycles. The summed E-state index contributed by atoms with van der Waals surface area (Å²) in [7, 11) is 0. The van der Waals surface area contributed by atoms with Crippen molar-refractivity contribution in [2.75, 3.05) is 0 Å². The zero-order valence-electron chi connectivity index (χ0n) is 25.5. The Hall–Kier alpha value is -5.20. The Labute approximate surface area is 256 Å². The second-order valence-electron chi connectivity index (χ2n) is 12.7. The molecule has 10 rings (SSSR count). The minimum atomic E-state index is 1.26. The highest BCUT2D eigenvalue weighted by atomic mass is 14.2. The van der Waals surface area contributed by atoms with Crippen molar-refractivity contribution in [2.45, 2.75) is 27.7 Å². The summed E-state index contributed by atoms with van der Waals surface area (Å²) >= 11 is 0. The van der Waals surface area contributed by atoms with Gasteiger partial charge in [-0.05, 0) is 137 Å². The maximum Gasteiger partial charge on any atom is -0.00201 e. The lowest BCUT2D eigenvalue weighted by molar-refractivity contribution is 1.42. The summed E-state index contributed by atoms with van der Waals surface area (Å²) in [5.41, 5.74) is 5.26. The van der Waals surface area contributed by atoms with Crippen molar-refractivity contribution >= 4 is 86.2 Å². The SMILES string of the molecule is Cc1ccc2c(c1)c1ccc3c(C)c(C)c4ccc(cc4c3c1)c1cc(C)ccc1c1c3ccccc3c2c2ccccc21. The van der Waals surface area contributed by atoms with E-state index >= 15 is 0 Å². The minimum absolute atomic E-state index is 1.26. The molecule has 0 aliphatic rings. The van der Waals surface area contributed by atoms with Crippen molar-refractivity contribution in [1.82, 2.24) is 0 Å². The lowest BCUT2D eigenvalue weighted by Gasteiger charge is -2.16. The van der Waals surface area contributed by atoms with Crippen molar-refractivity contribution in [3.8, 4) is 0 Å². The molecule has 6 bridgehead atoms. The lowest BCUT2D eigenvalue weighted by atomic mass is 9.88. The van der Waals surface area contributed by atoms with Crippen LogP contribution >= 0.6 is 0 Å². The van der Waals surface area contributed by atoms with Gasteiger partial charge < -0.3 is 0 Å². The molecule has 0 spiro atoms. The van der Waals surface area contributed by atoms with Gasteiger partial charge in [0.2, 0.25) is 0 Å². The van der Waals surface area contributed by atoms with Gasteiger partial charge in [-0.2, -0.15) is 0 Å². The number of aryl methyl sites for hydroxylation is 4. The van der Waals surface area contributed by atoms with Crippen LogP contribution in [0.2, 0.25) is 0 Å². The quantitative estimate of drug-likeness (QED) is 0.128. The Balaban J connectivity index is 1.75. The summed E-state index contributed by atoms with van der Waals surface area (Å²) in [4.78, 5) is 0. The van der Waals surface area contributed by atoms with Crippen LogP contribution in [0.5, 0.6) is 0 Å². The monoisotopic (exact) mass is 560 g/mol. The van der Waals surface area contributed by atoms with Crippen molar-refractivity contribution in [3.63, 3.8) is 0 Å². The van der Waals surface area contributed by atoms with Crippen LogP contribution in [0.15, 0.2) is 121 Å². The Morgan fingerprint density at radius 2 is 0.614 bits per heavy atom. The van der Waals surface area contributed by atoms with Gasteiger partial charge in [-0.15, -0.1) is 0 Å². The smallest absolute Gasteiger partial charge is 0.00201 e. The maximum atomic E-state index is 2.45. The number of benzene rings is 8. The van der Waals surface area contributed by atoms with Crippen molar-refractivity contribution in [1.29, 1.82) is 0 Å². The standard InChI is InChI=1S/C44H32/c1-25-13-17-37-39(21-25)29-15-19-31-27(3)28(4)32-20-16-30(24-42(32)41(31)23-29)40-22-26(2)14-18-38(40)44-35-11-7-5-9-33(35)43(37)34-10-6-8-12-36(34)44/h5-24H,1-4H3. The van der Waals surface area contributed by atoms with Gasteiger partial charge in [0.1, 0.15) is 0 Å². The van der Waals surface area contributed by atoms with E-state index < -0.39 is 0 Å². The van der Waals surface area contributed by atoms with E-state index in [1.165, 1.54) is 108 Å². The number of rotatable bonds is 0. The first-order valence-corrected chi connectivity index (χ1v) is 15.6. The highest BCUT2D eigenvalue weighted by molar-refractivity contribution is 6.35. The number of hydrogen-bond donors (Lipinski definition) is 0. The van der Waals surface area contributed by atoms with E-state index in [0.717, 1.165) is 0 Å². The van der Waals surface area contributed by atoms with E-state index in [0.29, 0.717) is 0 Å².